The van der Waals surface area contributed by atoms with Gasteiger partial charge in [-0.25, -0.2) is 22.2 Å². The maximum absolute atomic E-state index is 13.0. The topological polar surface area (TPSA) is 84.3 Å². The Bertz CT molecular complexity index is 1140. The fourth-order valence-electron chi connectivity index (χ4n) is 3.25. The number of carbonyl (C=O) groups excluding carboxylic acids is 1. The van der Waals surface area contributed by atoms with E-state index in [4.69, 9.17) is 0 Å². The van der Waals surface area contributed by atoms with Gasteiger partial charge in [-0.2, -0.15) is 0 Å². The fourth-order valence-corrected chi connectivity index (χ4v) is 4.57. The standard InChI is InChI=1S/C19H20N4O3S/c1-19(2,3)22-12-15-14-9-10-23(17(14)20-11-16(15)21-18(22)24)27(25,26)13-7-5-4-6-8-13/h4-11H,12H2,1-3H3,(H,21,24). The normalized spacial score (nSPS) is 14.9. The van der Waals surface area contributed by atoms with E-state index in [-0.39, 0.29) is 16.5 Å². The number of amides is 2. The minimum atomic E-state index is -3.75. The van der Waals surface area contributed by atoms with Crippen LogP contribution >= 0.6 is 0 Å². The number of carbonyl (C=O) groups is 1. The molecule has 0 spiro atoms. The molecule has 0 saturated carbocycles. The lowest BCUT2D eigenvalue weighted by Gasteiger charge is -2.39. The number of benzene rings is 1. The lowest BCUT2D eigenvalue weighted by atomic mass is 10.0. The van der Waals surface area contributed by atoms with E-state index in [2.05, 4.69) is 10.3 Å². The third kappa shape index (κ3) is 2.76. The molecular formula is C19H20N4O3S. The molecule has 0 atom stereocenters. The Morgan fingerprint density at radius 3 is 2.48 bits per heavy atom. The van der Waals surface area contributed by atoms with Crippen LogP contribution in [0.2, 0.25) is 0 Å². The number of pyridine rings is 1. The van der Waals surface area contributed by atoms with Crippen molar-refractivity contribution >= 4 is 32.8 Å². The van der Waals surface area contributed by atoms with Gasteiger partial charge in [0, 0.05) is 22.7 Å². The quantitative estimate of drug-likeness (QED) is 0.734. The molecule has 1 aromatic carbocycles. The summed E-state index contributed by atoms with van der Waals surface area (Å²) >= 11 is 0. The Labute approximate surface area is 157 Å². The van der Waals surface area contributed by atoms with Crippen LogP contribution in [0.15, 0.2) is 53.7 Å². The first-order chi connectivity index (χ1) is 12.7. The van der Waals surface area contributed by atoms with Crippen molar-refractivity contribution in [1.82, 2.24) is 13.9 Å². The Morgan fingerprint density at radius 2 is 1.81 bits per heavy atom. The van der Waals surface area contributed by atoms with E-state index in [0.29, 0.717) is 23.3 Å². The monoisotopic (exact) mass is 384 g/mol. The summed E-state index contributed by atoms with van der Waals surface area (Å²) in [4.78, 5) is 18.6. The molecular weight excluding hydrogens is 364 g/mol. The summed E-state index contributed by atoms with van der Waals surface area (Å²) in [5.74, 6) is 0. The first-order valence-corrected chi connectivity index (χ1v) is 10.0. The van der Waals surface area contributed by atoms with E-state index >= 15 is 0 Å². The molecule has 1 aliphatic heterocycles. The number of anilines is 1. The van der Waals surface area contributed by atoms with Gasteiger partial charge in [-0.3, -0.25) is 0 Å². The average molecular weight is 384 g/mol. The Balaban J connectivity index is 1.87. The zero-order valence-corrected chi connectivity index (χ0v) is 16.1. The van der Waals surface area contributed by atoms with Crippen molar-refractivity contribution in [2.75, 3.05) is 5.32 Å². The predicted octanol–water partition coefficient (Wildman–Crippen LogP) is 3.42. The van der Waals surface area contributed by atoms with Crippen LogP contribution in [0.5, 0.6) is 0 Å². The van der Waals surface area contributed by atoms with Gasteiger partial charge in [0.1, 0.15) is 0 Å². The summed E-state index contributed by atoms with van der Waals surface area (Å²) in [7, 11) is -3.75. The highest BCUT2D eigenvalue weighted by atomic mass is 32.2. The number of nitrogens with one attached hydrogen (secondary N) is 1. The molecule has 0 aliphatic carbocycles. The number of urea groups is 1. The van der Waals surface area contributed by atoms with Gasteiger partial charge in [-0.05, 0) is 39.0 Å². The molecule has 27 heavy (non-hydrogen) atoms. The molecule has 0 radical (unpaired) electrons. The van der Waals surface area contributed by atoms with Gasteiger partial charge < -0.3 is 10.2 Å². The molecule has 8 heteroatoms. The lowest BCUT2D eigenvalue weighted by molar-refractivity contribution is 0.149. The van der Waals surface area contributed by atoms with Crippen LogP contribution in [-0.4, -0.2) is 33.8 Å². The first kappa shape index (κ1) is 17.5. The van der Waals surface area contributed by atoms with Crippen molar-refractivity contribution < 1.29 is 13.2 Å². The smallest absolute Gasteiger partial charge is 0.315 e. The van der Waals surface area contributed by atoms with Crippen molar-refractivity contribution in [2.24, 2.45) is 0 Å². The maximum atomic E-state index is 13.0. The molecule has 2 aromatic heterocycles. The number of rotatable bonds is 2. The van der Waals surface area contributed by atoms with Gasteiger partial charge in [-0.15, -0.1) is 0 Å². The second kappa shape index (κ2) is 5.82. The molecule has 4 rings (SSSR count). The van der Waals surface area contributed by atoms with Crippen molar-refractivity contribution in [1.29, 1.82) is 0 Å². The van der Waals surface area contributed by atoms with Gasteiger partial charge in [0.05, 0.1) is 23.3 Å². The first-order valence-electron chi connectivity index (χ1n) is 8.58. The van der Waals surface area contributed by atoms with Crippen molar-refractivity contribution in [3.8, 4) is 0 Å². The third-order valence-corrected chi connectivity index (χ3v) is 6.39. The van der Waals surface area contributed by atoms with Crippen LogP contribution in [0, 0.1) is 0 Å². The molecule has 0 bridgehead atoms. The van der Waals surface area contributed by atoms with Crippen LogP contribution in [0.25, 0.3) is 11.0 Å². The molecule has 0 fully saturated rings. The molecule has 0 unspecified atom stereocenters. The van der Waals surface area contributed by atoms with Gasteiger partial charge in [0.2, 0.25) is 0 Å². The number of nitrogens with zero attached hydrogens (tertiary/aromatic N) is 3. The summed E-state index contributed by atoms with van der Waals surface area (Å²) in [5, 5.41) is 3.56. The predicted molar refractivity (Wildman–Crippen MR) is 103 cm³/mol. The molecule has 1 aliphatic rings. The molecule has 0 saturated heterocycles. The highest BCUT2D eigenvalue weighted by Gasteiger charge is 2.33. The summed E-state index contributed by atoms with van der Waals surface area (Å²) in [5.41, 5.74) is 1.46. The number of hydrogen-bond acceptors (Lipinski definition) is 4. The number of hydrogen-bond donors (Lipinski definition) is 1. The Morgan fingerprint density at radius 1 is 1.11 bits per heavy atom. The SMILES string of the molecule is CC(C)(C)N1Cc2c(cnc3c2ccn3S(=O)(=O)c2ccccc2)NC1=O. The fraction of sp³-hybridized carbons (Fsp3) is 0.263. The molecule has 2 amide bonds. The largest absolute Gasteiger partial charge is 0.322 e. The van der Waals surface area contributed by atoms with Gasteiger partial charge in [-0.1, -0.05) is 18.2 Å². The van der Waals surface area contributed by atoms with Gasteiger partial charge in [0.25, 0.3) is 10.0 Å². The van der Waals surface area contributed by atoms with Crippen LogP contribution < -0.4 is 5.32 Å². The van der Waals surface area contributed by atoms with Crippen LogP contribution in [0.4, 0.5) is 10.5 Å². The second-order valence-corrected chi connectivity index (χ2v) is 9.32. The van der Waals surface area contributed by atoms with Crippen molar-refractivity contribution in [2.45, 2.75) is 37.8 Å². The van der Waals surface area contributed by atoms with Crippen LogP contribution in [0.3, 0.4) is 0 Å². The van der Waals surface area contributed by atoms with E-state index in [1.165, 1.54) is 16.4 Å². The van der Waals surface area contributed by atoms with E-state index in [1.807, 2.05) is 20.8 Å². The van der Waals surface area contributed by atoms with E-state index in [0.717, 1.165) is 5.56 Å². The molecule has 3 aromatic rings. The summed E-state index contributed by atoms with van der Waals surface area (Å²) in [6, 6.07) is 9.80. The van der Waals surface area contributed by atoms with Gasteiger partial charge in [0.15, 0.2) is 5.65 Å². The maximum Gasteiger partial charge on any atom is 0.322 e. The Kier molecular flexibility index (Phi) is 3.78. The second-order valence-electron chi connectivity index (χ2n) is 7.50. The minimum absolute atomic E-state index is 0.188. The highest BCUT2D eigenvalue weighted by Crippen LogP contribution is 2.33. The lowest BCUT2D eigenvalue weighted by Crippen LogP contribution is -2.49. The van der Waals surface area contributed by atoms with E-state index in [9.17, 15) is 13.2 Å². The number of fused-ring (bicyclic) bond motifs is 3. The summed E-state index contributed by atoms with van der Waals surface area (Å²) in [6.45, 7) is 6.27. The van der Waals surface area contributed by atoms with Crippen LogP contribution in [0.1, 0.15) is 26.3 Å². The molecule has 140 valence electrons. The van der Waals surface area contributed by atoms with E-state index in [1.54, 1.807) is 41.3 Å². The molecule has 1 N–H and O–H groups in total. The third-order valence-electron chi connectivity index (χ3n) is 4.71. The zero-order chi connectivity index (χ0) is 19.4. The zero-order valence-electron chi connectivity index (χ0n) is 15.3. The highest BCUT2D eigenvalue weighted by molar-refractivity contribution is 7.90. The molecule has 7 nitrogen and oxygen atoms in total. The van der Waals surface area contributed by atoms with Crippen molar-refractivity contribution in [3.05, 3.63) is 54.4 Å². The van der Waals surface area contributed by atoms with Crippen LogP contribution in [-0.2, 0) is 16.6 Å². The number of aromatic nitrogens is 2. The summed E-state index contributed by atoms with van der Waals surface area (Å²) in [6.07, 6.45) is 3.03. The summed E-state index contributed by atoms with van der Waals surface area (Å²) < 4.78 is 27.2. The van der Waals surface area contributed by atoms with Crippen molar-refractivity contribution in [3.63, 3.8) is 0 Å². The molecule has 3 heterocycles. The van der Waals surface area contributed by atoms with E-state index < -0.39 is 10.0 Å². The van der Waals surface area contributed by atoms with Gasteiger partial charge >= 0.3 is 6.03 Å². The minimum Gasteiger partial charge on any atom is -0.315 e. The average Bonchev–Trinajstić information content (AvgIpc) is 3.06. The Hall–Kier alpha value is -2.87.